The van der Waals surface area contributed by atoms with Gasteiger partial charge in [-0.05, 0) is 12.8 Å². The molecule has 0 spiro atoms. The van der Waals surface area contributed by atoms with Crippen molar-refractivity contribution in [3.05, 3.63) is 39.9 Å². The van der Waals surface area contributed by atoms with Crippen molar-refractivity contribution in [1.82, 2.24) is 0 Å². The first-order valence-electron chi connectivity index (χ1n) is 6.39. The molecular weight excluding hydrogens is 230 g/mol. The van der Waals surface area contributed by atoms with E-state index < -0.39 is 4.92 Å². The highest BCUT2D eigenvalue weighted by molar-refractivity contribution is 5.78. The lowest BCUT2D eigenvalue weighted by molar-refractivity contribution is -0.385. The molecule has 0 amide bonds. The Bertz CT molecular complexity index is 415. The summed E-state index contributed by atoms with van der Waals surface area (Å²) in [6, 6.07) is 6.61. The molecule has 0 aromatic heterocycles. The van der Waals surface area contributed by atoms with Crippen molar-refractivity contribution in [2.75, 3.05) is 0 Å². The molecule has 0 unspecified atom stereocenters. The number of nitrogens with zero attached hydrogens (tertiary/aromatic N) is 1. The Morgan fingerprint density at radius 3 is 2.61 bits per heavy atom. The molecule has 0 saturated carbocycles. The molecule has 18 heavy (non-hydrogen) atoms. The van der Waals surface area contributed by atoms with Crippen LogP contribution in [0.25, 0.3) is 0 Å². The van der Waals surface area contributed by atoms with Crippen molar-refractivity contribution in [3.8, 4) is 0 Å². The smallest absolute Gasteiger partial charge is 0.272 e. The van der Waals surface area contributed by atoms with Crippen molar-refractivity contribution in [3.63, 3.8) is 0 Å². The fourth-order valence-electron chi connectivity index (χ4n) is 1.87. The summed E-state index contributed by atoms with van der Waals surface area (Å²) in [5.41, 5.74) is 0.755. The van der Waals surface area contributed by atoms with Crippen LogP contribution in [0.4, 0.5) is 5.69 Å². The summed E-state index contributed by atoms with van der Waals surface area (Å²) in [5.74, 6) is 0.196. The predicted octanol–water partition coefficient (Wildman–Crippen LogP) is 3.68. The van der Waals surface area contributed by atoms with E-state index in [1.54, 1.807) is 18.2 Å². The summed E-state index contributed by atoms with van der Waals surface area (Å²) in [5, 5.41) is 10.8. The highest BCUT2D eigenvalue weighted by Gasteiger charge is 2.13. The van der Waals surface area contributed by atoms with Crippen LogP contribution in [0.5, 0.6) is 0 Å². The normalized spacial score (nSPS) is 10.3. The van der Waals surface area contributed by atoms with Crippen LogP contribution in [-0.4, -0.2) is 10.7 Å². The Morgan fingerprint density at radius 1 is 1.22 bits per heavy atom. The van der Waals surface area contributed by atoms with Gasteiger partial charge in [-0.15, -0.1) is 0 Å². The van der Waals surface area contributed by atoms with Crippen LogP contribution in [0.2, 0.25) is 0 Å². The highest BCUT2D eigenvalue weighted by Crippen LogP contribution is 2.19. The van der Waals surface area contributed by atoms with Gasteiger partial charge in [-0.3, -0.25) is 14.9 Å². The van der Waals surface area contributed by atoms with Gasteiger partial charge in [0.2, 0.25) is 0 Å². The summed E-state index contributed by atoms with van der Waals surface area (Å²) < 4.78 is 0. The van der Waals surface area contributed by atoms with Crippen LogP contribution < -0.4 is 0 Å². The van der Waals surface area contributed by atoms with Crippen LogP contribution in [-0.2, 0) is 11.2 Å². The van der Waals surface area contributed by atoms with Gasteiger partial charge >= 0.3 is 0 Å². The first-order valence-corrected chi connectivity index (χ1v) is 6.39. The minimum absolute atomic E-state index is 0.110. The van der Waals surface area contributed by atoms with E-state index in [2.05, 4.69) is 6.92 Å². The number of nitro benzene ring substituents is 1. The third kappa shape index (κ3) is 4.65. The molecule has 0 atom stereocenters. The lowest BCUT2D eigenvalue weighted by Gasteiger charge is -2.02. The van der Waals surface area contributed by atoms with Crippen molar-refractivity contribution < 1.29 is 9.72 Å². The summed E-state index contributed by atoms with van der Waals surface area (Å²) in [4.78, 5) is 22.0. The molecule has 0 radical (unpaired) electrons. The molecule has 4 heteroatoms. The molecule has 1 aromatic rings. The maximum Gasteiger partial charge on any atom is 0.272 e. The molecule has 4 nitrogen and oxygen atoms in total. The van der Waals surface area contributed by atoms with Gasteiger partial charge < -0.3 is 0 Å². The van der Waals surface area contributed by atoms with Gasteiger partial charge in [0.05, 0.1) is 4.92 Å². The maximum absolute atomic E-state index is 11.6. The minimum atomic E-state index is -0.392. The lowest BCUT2D eigenvalue weighted by Crippen LogP contribution is -2.02. The van der Waals surface area contributed by atoms with Crippen LogP contribution in [0, 0.1) is 10.1 Å². The van der Waals surface area contributed by atoms with Gasteiger partial charge in [0.15, 0.2) is 0 Å². The second-order valence-corrected chi connectivity index (χ2v) is 4.38. The standard InChI is InChI=1S/C14H19NO3/c1-2-3-4-8-13(16)11-10-12-7-5-6-9-14(12)15(17)18/h5-7,9H,2-4,8,10-11H2,1H3. The topological polar surface area (TPSA) is 60.2 Å². The fourth-order valence-corrected chi connectivity index (χ4v) is 1.87. The number of ketones is 1. The Hall–Kier alpha value is -1.71. The van der Waals surface area contributed by atoms with E-state index in [1.807, 2.05) is 0 Å². The number of unbranched alkanes of at least 4 members (excludes halogenated alkanes) is 2. The van der Waals surface area contributed by atoms with Crippen LogP contribution in [0.1, 0.15) is 44.6 Å². The first kappa shape index (κ1) is 14.4. The van der Waals surface area contributed by atoms with E-state index >= 15 is 0 Å². The quantitative estimate of drug-likeness (QED) is 0.401. The average Bonchev–Trinajstić information content (AvgIpc) is 2.37. The molecule has 0 heterocycles. The van der Waals surface area contributed by atoms with Crippen molar-refractivity contribution in [1.29, 1.82) is 0 Å². The van der Waals surface area contributed by atoms with Gasteiger partial charge in [-0.1, -0.05) is 38.0 Å². The van der Waals surface area contributed by atoms with Crippen molar-refractivity contribution in [2.24, 2.45) is 0 Å². The van der Waals surface area contributed by atoms with E-state index in [1.165, 1.54) is 6.07 Å². The van der Waals surface area contributed by atoms with Gasteiger partial charge in [0.25, 0.3) is 5.69 Å². The van der Waals surface area contributed by atoms with Gasteiger partial charge in [-0.25, -0.2) is 0 Å². The Kier molecular flexibility index (Phi) is 6.05. The van der Waals surface area contributed by atoms with Crippen LogP contribution >= 0.6 is 0 Å². The molecule has 1 rings (SSSR count). The van der Waals surface area contributed by atoms with Crippen molar-refractivity contribution in [2.45, 2.75) is 45.4 Å². The number of carbonyl (C=O) groups is 1. The zero-order valence-corrected chi connectivity index (χ0v) is 10.7. The monoisotopic (exact) mass is 249 g/mol. The number of nitro groups is 1. The van der Waals surface area contributed by atoms with Crippen LogP contribution in [0.15, 0.2) is 24.3 Å². The minimum Gasteiger partial charge on any atom is -0.300 e. The summed E-state index contributed by atoms with van der Waals surface area (Å²) >= 11 is 0. The van der Waals surface area contributed by atoms with Crippen LogP contribution in [0.3, 0.4) is 0 Å². The van der Waals surface area contributed by atoms with Crippen molar-refractivity contribution >= 4 is 11.5 Å². The van der Waals surface area contributed by atoms with E-state index in [0.717, 1.165) is 19.3 Å². The summed E-state index contributed by atoms with van der Waals surface area (Å²) in [6.07, 6.45) is 4.53. The molecule has 0 fully saturated rings. The summed E-state index contributed by atoms with van der Waals surface area (Å²) in [6.45, 7) is 2.10. The molecule has 98 valence electrons. The number of rotatable bonds is 8. The Balaban J connectivity index is 2.48. The SMILES string of the molecule is CCCCCC(=O)CCc1ccccc1[N+](=O)[O-]. The second kappa shape index (κ2) is 7.58. The average molecular weight is 249 g/mol. The molecule has 0 aliphatic rings. The number of aryl methyl sites for hydroxylation is 1. The molecular formula is C14H19NO3. The molecule has 0 N–H and O–H groups in total. The van der Waals surface area contributed by atoms with E-state index in [0.29, 0.717) is 24.8 Å². The van der Waals surface area contributed by atoms with E-state index in [9.17, 15) is 14.9 Å². The van der Waals surface area contributed by atoms with E-state index in [4.69, 9.17) is 0 Å². The van der Waals surface area contributed by atoms with E-state index in [-0.39, 0.29) is 11.5 Å². The molecule has 0 saturated heterocycles. The lowest BCUT2D eigenvalue weighted by atomic mass is 10.0. The molecule has 0 aliphatic heterocycles. The molecule has 1 aromatic carbocycles. The number of para-hydroxylation sites is 1. The van der Waals surface area contributed by atoms with Gasteiger partial charge in [0.1, 0.15) is 5.78 Å². The van der Waals surface area contributed by atoms with Gasteiger partial charge in [0, 0.05) is 24.5 Å². The number of hydrogen-bond donors (Lipinski definition) is 0. The summed E-state index contributed by atoms with van der Waals surface area (Å²) in [7, 11) is 0. The largest absolute Gasteiger partial charge is 0.300 e. The Morgan fingerprint density at radius 2 is 1.94 bits per heavy atom. The number of benzene rings is 1. The molecule has 0 bridgehead atoms. The first-order chi connectivity index (χ1) is 8.65. The number of hydrogen-bond acceptors (Lipinski definition) is 3. The number of carbonyl (C=O) groups excluding carboxylic acids is 1. The highest BCUT2D eigenvalue weighted by atomic mass is 16.6. The second-order valence-electron chi connectivity index (χ2n) is 4.38. The predicted molar refractivity (Wildman–Crippen MR) is 70.6 cm³/mol. The number of Topliss-reactive ketones (excluding diaryl/α,β-unsaturated/α-hetero) is 1. The maximum atomic E-state index is 11.6. The Labute approximate surface area is 107 Å². The third-order valence-corrected chi connectivity index (χ3v) is 2.92. The fraction of sp³-hybridized carbons (Fsp3) is 0.500. The van der Waals surface area contributed by atoms with Gasteiger partial charge in [-0.2, -0.15) is 0 Å². The zero-order chi connectivity index (χ0) is 13.4. The third-order valence-electron chi connectivity index (χ3n) is 2.92. The molecule has 0 aliphatic carbocycles. The zero-order valence-electron chi connectivity index (χ0n) is 10.7.